The molecule has 2 aromatic rings. The second-order valence-corrected chi connectivity index (χ2v) is 5.68. The first kappa shape index (κ1) is 11.1. The van der Waals surface area contributed by atoms with Crippen LogP contribution >= 0.6 is 0 Å². The minimum atomic E-state index is -3.55. The van der Waals surface area contributed by atoms with Crippen molar-refractivity contribution in [3.05, 3.63) is 48.0 Å². The fourth-order valence-corrected chi connectivity index (χ4v) is 2.34. The number of benzene rings is 2. The summed E-state index contributed by atoms with van der Waals surface area (Å²) in [5, 5.41) is 6.45. The third-order valence-electron chi connectivity index (χ3n) is 2.75. The maximum absolute atomic E-state index is 11.4. The lowest BCUT2D eigenvalue weighted by Gasteiger charge is -2.12. The summed E-state index contributed by atoms with van der Waals surface area (Å²) in [6.45, 7) is 1.61. The van der Waals surface area contributed by atoms with E-state index >= 15 is 0 Å². The molecule has 2 N–H and O–H groups in total. The van der Waals surface area contributed by atoms with Gasteiger partial charge in [0.2, 0.25) is 10.0 Å². The predicted molar refractivity (Wildman–Crippen MR) is 65.5 cm³/mol. The van der Waals surface area contributed by atoms with Gasteiger partial charge in [0.1, 0.15) is 0 Å². The molecule has 4 heteroatoms. The molecule has 0 aliphatic heterocycles. The molecule has 0 amide bonds. The zero-order valence-corrected chi connectivity index (χ0v) is 9.74. The smallest absolute Gasteiger partial charge is 0.215 e. The van der Waals surface area contributed by atoms with Gasteiger partial charge in [0.05, 0.1) is 5.25 Å². The molecule has 0 aliphatic carbocycles. The van der Waals surface area contributed by atoms with Crippen molar-refractivity contribution in [2.24, 2.45) is 5.14 Å². The van der Waals surface area contributed by atoms with E-state index in [2.05, 4.69) is 0 Å². The molecule has 1 atom stereocenters. The Labute approximate surface area is 94.9 Å². The number of sulfonamides is 1. The Kier molecular flexibility index (Phi) is 2.69. The van der Waals surface area contributed by atoms with Crippen molar-refractivity contribution in [2.45, 2.75) is 12.2 Å². The molecule has 0 bridgehead atoms. The van der Waals surface area contributed by atoms with Gasteiger partial charge >= 0.3 is 0 Å². The van der Waals surface area contributed by atoms with E-state index in [0.29, 0.717) is 0 Å². The van der Waals surface area contributed by atoms with Crippen LogP contribution in [-0.2, 0) is 10.0 Å². The Morgan fingerprint density at radius 1 is 1.06 bits per heavy atom. The summed E-state index contributed by atoms with van der Waals surface area (Å²) in [6, 6.07) is 13.3. The van der Waals surface area contributed by atoms with Gasteiger partial charge in [-0.05, 0) is 23.3 Å². The third kappa shape index (κ3) is 1.94. The second kappa shape index (κ2) is 3.88. The Morgan fingerprint density at radius 2 is 1.69 bits per heavy atom. The average Bonchev–Trinajstić information content (AvgIpc) is 2.26. The molecule has 0 saturated heterocycles. The largest absolute Gasteiger partial charge is 0.228 e. The average molecular weight is 235 g/mol. The van der Waals surface area contributed by atoms with Crippen LogP contribution in [0.2, 0.25) is 0 Å². The maximum Gasteiger partial charge on any atom is 0.215 e. The molecule has 0 aromatic heterocycles. The van der Waals surface area contributed by atoms with Crippen molar-refractivity contribution in [1.82, 2.24) is 0 Å². The number of hydrogen-bond acceptors (Lipinski definition) is 2. The van der Waals surface area contributed by atoms with Crippen LogP contribution in [0.15, 0.2) is 42.5 Å². The van der Waals surface area contributed by atoms with Gasteiger partial charge in [-0.1, -0.05) is 42.5 Å². The summed E-state index contributed by atoms with van der Waals surface area (Å²) >= 11 is 0. The van der Waals surface area contributed by atoms with E-state index in [1.165, 1.54) is 0 Å². The predicted octanol–water partition coefficient (Wildman–Crippen LogP) is 2.19. The fourth-order valence-electron chi connectivity index (χ4n) is 1.78. The van der Waals surface area contributed by atoms with E-state index in [1.807, 2.05) is 36.4 Å². The first-order valence-corrected chi connectivity index (χ1v) is 6.60. The molecule has 0 heterocycles. The van der Waals surface area contributed by atoms with Gasteiger partial charge in [0.25, 0.3) is 0 Å². The van der Waals surface area contributed by atoms with E-state index in [-0.39, 0.29) is 0 Å². The highest BCUT2D eigenvalue weighted by molar-refractivity contribution is 7.89. The van der Waals surface area contributed by atoms with Crippen molar-refractivity contribution in [3.8, 4) is 0 Å². The van der Waals surface area contributed by atoms with Crippen LogP contribution in [0.25, 0.3) is 10.8 Å². The number of primary sulfonamides is 1. The van der Waals surface area contributed by atoms with Gasteiger partial charge in [0, 0.05) is 0 Å². The topological polar surface area (TPSA) is 60.2 Å². The first-order chi connectivity index (χ1) is 7.50. The molecule has 2 aromatic carbocycles. The highest BCUT2D eigenvalue weighted by atomic mass is 32.2. The van der Waals surface area contributed by atoms with Gasteiger partial charge in [-0.15, -0.1) is 0 Å². The minimum Gasteiger partial charge on any atom is -0.228 e. The summed E-state index contributed by atoms with van der Waals surface area (Å²) < 4.78 is 22.7. The molecule has 16 heavy (non-hydrogen) atoms. The van der Waals surface area contributed by atoms with Crippen molar-refractivity contribution in [2.75, 3.05) is 0 Å². The fraction of sp³-hybridized carbons (Fsp3) is 0.167. The molecule has 0 saturated carbocycles. The van der Waals surface area contributed by atoms with Crippen LogP contribution in [0.3, 0.4) is 0 Å². The molecule has 84 valence electrons. The monoisotopic (exact) mass is 235 g/mol. The van der Waals surface area contributed by atoms with Crippen molar-refractivity contribution < 1.29 is 8.42 Å². The summed E-state index contributed by atoms with van der Waals surface area (Å²) in [4.78, 5) is 0. The minimum absolute atomic E-state index is 0.682. The summed E-state index contributed by atoms with van der Waals surface area (Å²) in [7, 11) is -3.55. The Balaban J connectivity index is 2.70. The Hall–Kier alpha value is -1.39. The summed E-state index contributed by atoms with van der Waals surface area (Å²) in [5.74, 6) is 0. The molecule has 0 aliphatic rings. The zero-order chi connectivity index (χ0) is 11.8. The number of hydrogen-bond donors (Lipinski definition) is 1. The molecular weight excluding hydrogens is 222 g/mol. The van der Waals surface area contributed by atoms with Gasteiger partial charge in [-0.3, -0.25) is 0 Å². The van der Waals surface area contributed by atoms with Gasteiger partial charge in [0.15, 0.2) is 0 Å². The summed E-state index contributed by atoms with van der Waals surface area (Å²) in [6.07, 6.45) is 0. The van der Waals surface area contributed by atoms with Crippen LogP contribution in [0.1, 0.15) is 17.7 Å². The van der Waals surface area contributed by atoms with Crippen molar-refractivity contribution in [3.63, 3.8) is 0 Å². The van der Waals surface area contributed by atoms with Crippen molar-refractivity contribution in [1.29, 1.82) is 0 Å². The van der Waals surface area contributed by atoms with Crippen LogP contribution in [0.4, 0.5) is 0 Å². The van der Waals surface area contributed by atoms with Gasteiger partial charge in [-0.25, -0.2) is 13.6 Å². The van der Waals surface area contributed by atoms with Crippen LogP contribution < -0.4 is 5.14 Å². The van der Waals surface area contributed by atoms with Crippen molar-refractivity contribution >= 4 is 20.8 Å². The second-order valence-electron chi connectivity index (χ2n) is 3.80. The van der Waals surface area contributed by atoms with E-state index in [1.54, 1.807) is 13.0 Å². The quantitative estimate of drug-likeness (QED) is 0.867. The lowest BCUT2D eigenvalue weighted by atomic mass is 10.0. The number of fused-ring (bicyclic) bond motifs is 1. The standard InChI is InChI=1S/C12H13NO2S/c1-9(16(13,14)15)11-8-4-6-10-5-2-3-7-12(10)11/h2-9H,1H3,(H2,13,14,15). The van der Waals surface area contributed by atoms with E-state index in [4.69, 9.17) is 5.14 Å². The van der Waals surface area contributed by atoms with Crippen LogP contribution in [0.5, 0.6) is 0 Å². The van der Waals surface area contributed by atoms with E-state index < -0.39 is 15.3 Å². The molecule has 0 radical (unpaired) electrons. The molecule has 2 rings (SSSR count). The number of nitrogens with two attached hydrogens (primary N) is 1. The van der Waals surface area contributed by atoms with Crippen LogP contribution in [-0.4, -0.2) is 8.42 Å². The first-order valence-electron chi connectivity index (χ1n) is 4.99. The van der Waals surface area contributed by atoms with Crippen LogP contribution in [0, 0.1) is 0 Å². The maximum atomic E-state index is 11.4. The Bertz CT molecular complexity index is 614. The molecule has 3 nitrogen and oxygen atoms in total. The van der Waals surface area contributed by atoms with Gasteiger partial charge in [-0.2, -0.15) is 0 Å². The highest BCUT2D eigenvalue weighted by Gasteiger charge is 2.19. The molecule has 0 fully saturated rings. The van der Waals surface area contributed by atoms with E-state index in [0.717, 1.165) is 16.3 Å². The zero-order valence-electron chi connectivity index (χ0n) is 8.92. The third-order valence-corrected chi connectivity index (χ3v) is 3.99. The number of rotatable bonds is 2. The molecule has 1 unspecified atom stereocenters. The molecule has 0 spiro atoms. The lowest BCUT2D eigenvalue weighted by molar-refractivity contribution is 0.588. The Morgan fingerprint density at radius 3 is 2.38 bits per heavy atom. The highest BCUT2D eigenvalue weighted by Crippen LogP contribution is 2.27. The normalized spacial score (nSPS) is 13.9. The van der Waals surface area contributed by atoms with E-state index in [9.17, 15) is 8.42 Å². The van der Waals surface area contributed by atoms with Gasteiger partial charge < -0.3 is 0 Å². The lowest BCUT2D eigenvalue weighted by Crippen LogP contribution is -2.19. The molecular formula is C12H13NO2S. The SMILES string of the molecule is CC(c1cccc2ccccc12)S(N)(=O)=O. The summed E-state index contributed by atoms with van der Waals surface area (Å²) in [5.41, 5.74) is 0.751.